The van der Waals surface area contributed by atoms with E-state index in [1.54, 1.807) is 0 Å². The number of fused-ring (bicyclic) bond motifs is 3. The van der Waals surface area contributed by atoms with Gasteiger partial charge in [0.15, 0.2) is 0 Å². The SMILES string of the molecule is CC(C)CCC1CC2(CCCO2)CC2c3ccc(O)cc3CCC12C. The van der Waals surface area contributed by atoms with Crippen LogP contribution in [0.1, 0.15) is 82.8 Å². The lowest BCUT2D eigenvalue weighted by molar-refractivity contribution is -0.0989. The number of hydrogen-bond donors (Lipinski definition) is 1. The second-order valence-electron chi connectivity index (χ2n) is 9.65. The number of rotatable bonds is 3. The van der Waals surface area contributed by atoms with Crippen LogP contribution in [0.4, 0.5) is 0 Å². The third-order valence-corrected chi connectivity index (χ3v) is 7.64. The van der Waals surface area contributed by atoms with Crippen molar-refractivity contribution in [2.24, 2.45) is 17.3 Å². The summed E-state index contributed by atoms with van der Waals surface area (Å²) in [6.07, 6.45) is 9.94. The van der Waals surface area contributed by atoms with E-state index in [4.69, 9.17) is 4.74 Å². The van der Waals surface area contributed by atoms with E-state index in [2.05, 4.69) is 26.8 Å². The van der Waals surface area contributed by atoms with E-state index in [1.807, 2.05) is 12.1 Å². The van der Waals surface area contributed by atoms with Crippen molar-refractivity contribution in [1.82, 2.24) is 0 Å². The zero-order valence-electron chi connectivity index (χ0n) is 16.2. The van der Waals surface area contributed by atoms with Gasteiger partial charge in [-0.15, -0.1) is 0 Å². The molecule has 1 aromatic carbocycles. The Hall–Kier alpha value is -1.02. The highest BCUT2D eigenvalue weighted by atomic mass is 16.5. The predicted molar refractivity (Wildman–Crippen MR) is 102 cm³/mol. The highest BCUT2D eigenvalue weighted by molar-refractivity contribution is 5.41. The Morgan fingerprint density at radius 1 is 1.24 bits per heavy atom. The van der Waals surface area contributed by atoms with Crippen LogP contribution >= 0.6 is 0 Å². The Balaban J connectivity index is 1.71. The van der Waals surface area contributed by atoms with Gasteiger partial charge in [0.05, 0.1) is 5.60 Å². The third-order valence-electron chi connectivity index (χ3n) is 7.64. The molecule has 1 saturated carbocycles. The van der Waals surface area contributed by atoms with Gasteiger partial charge in [-0.2, -0.15) is 0 Å². The number of hydrogen-bond acceptors (Lipinski definition) is 2. The van der Waals surface area contributed by atoms with Crippen LogP contribution in [0.2, 0.25) is 0 Å². The number of phenolic OH excluding ortho intramolecular Hbond substituents is 1. The van der Waals surface area contributed by atoms with Crippen LogP contribution in [0, 0.1) is 17.3 Å². The maximum absolute atomic E-state index is 9.93. The molecule has 3 aliphatic rings. The largest absolute Gasteiger partial charge is 0.508 e. The molecule has 2 fully saturated rings. The quantitative estimate of drug-likeness (QED) is 0.749. The summed E-state index contributed by atoms with van der Waals surface area (Å²) in [5, 5.41) is 9.93. The van der Waals surface area contributed by atoms with Crippen molar-refractivity contribution in [3.8, 4) is 5.75 Å². The molecule has 2 heteroatoms. The Bertz CT molecular complexity index is 629. The van der Waals surface area contributed by atoms with Crippen LogP contribution < -0.4 is 0 Å². The number of aryl methyl sites for hydroxylation is 1. The predicted octanol–water partition coefficient (Wildman–Crippen LogP) is 5.82. The lowest BCUT2D eigenvalue weighted by Gasteiger charge is -2.56. The summed E-state index contributed by atoms with van der Waals surface area (Å²) in [7, 11) is 0. The molecule has 4 rings (SSSR count). The van der Waals surface area contributed by atoms with Crippen molar-refractivity contribution in [3.63, 3.8) is 0 Å². The molecule has 25 heavy (non-hydrogen) atoms. The second-order valence-corrected chi connectivity index (χ2v) is 9.65. The first-order valence-electron chi connectivity index (χ1n) is 10.4. The van der Waals surface area contributed by atoms with Crippen LogP contribution in [0.5, 0.6) is 5.75 Å². The molecule has 0 bridgehead atoms. The number of benzene rings is 1. The fraction of sp³-hybridized carbons (Fsp3) is 0.739. The molecule has 2 nitrogen and oxygen atoms in total. The van der Waals surface area contributed by atoms with Crippen molar-refractivity contribution in [2.75, 3.05) is 6.61 Å². The molecule has 0 radical (unpaired) electrons. The molecule has 4 atom stereocenters. The minimum absolute atomic E-state index is 0.123. The van der Waals surface area contributed by atoms with Crippen LogP contribution in [-0.4, -0.2) is 17.3 Å². The van der Waals surface area contributed by atoms with Gasteiger partial charge in [0.2, 0.25) is 0 Å². The van der Waals surface area contributed by atoms with E-state index in [9.17, 15) is 5.11 Å². The molecular formula is C23H34O2. The summed E-state index contributed by atoms with van der Waals surface area (Å²) in [5.41, 5.74) is 3.38. The van der Waals surface area contributed by atoms with E-state index < -0.39 is 0 Å². The second kappa shape index (κ2) is 6.30. The Morgan fingerprint density at radius 2 is 2.08 bits per heavy atom. The molecule has 1 heterocycles. The molecule has 0 amide bonds. The third kappa shape index (κ3) is 3.01. The van der Waals surface area contributed by atoms with Crippen molar-refractivity contribution >= 4 is 0 Å². The number of phenols is 1. The Morgan fingerprint density at radius 3 is 2.80 bits per heavy atom. The lowest BCUT2D eigenvalue weighted by Crippen LogP contribution is -2.50. The van der Waals surface area contributed by atoms with Crippen LogP contribution in [0.15, 0.2) is 18.2 Å². The first-order chi connectivity index (χ1) is 11.9. The molecule has 1 N–H and O–H groups in total. The average Bonchev–Trinajstić information content (AvgIpc) is 3.02. The summed E-state index contributed by atoms with van der Waals surface area (Å²) in [4.78, 5) is 0. The lowest BCUT2D eigenvalue weighted by atomic mass is 9.50. The van der Waals surface area contributed by atoms with Crippen LogP contribution in [0.25, 0.3) is 0 Å². The maximum atomic E-state index is 9.93. The molecule has 1 aliphatic heterocycles. The van der Waals surface area contributed by atoms with Crippen molar-refractivity contribution in [3.05, 3.63) is 29.3 Å². The zero-order chi connectivity index (χ0) is 17.7. The number of ether oxygens (including phenoxy) is 1. The molecule has 2 aliphatic carbocycles. The first-order valence-corrected chi connectivity index (χ1v) is 10.4. The summed E-state index contributed by atoms with van der Waals surface area (Å²) in [6.45, 7) is 8.20. The van der Waals surface area contributed by atoms with E-state index in [-0.39, 0.29) is 5.60 Å². The average molecular weight is 343 g/mol. The van der Waals surface area contributed by atoms with E-state index in [1.165, 1.54) is 56.1 Å². The van der Waals surface area contributed by atoms with E-state index in [0.29, 0.717) is 17.1 Å². The van der Waals surface area contributed by atoms with Gasteiger partial charge in [0.1, 0.15) is 5.75 Å². The van der Waals surface area contributed by atoms with Crippen molar-refractivity contribution < 1.29 is 9.84 Å². The molecule has 0 aromatic heterocycles. The topological polar surface area (TPSA) is 29.5 Å². The maximum Gasteiger partial charge on any atom is 0.115 e. The minimum atomic E-state index is 0.123. The van der Waals surface area contributed by atoms with Gasteiger partial charge in [-0.05, 0) is 91.4 Å². The summed E-state index contributed by atoms with van der Waals surface area (Å²) in [6, 6.07) is 6.11. The molecular weight excluding hydrogens is 308 g/mol. The summed E-state index contributed by atoms with van der Waals surface area (Å²) in [5.74, 6) is 2.54. The van der Waals surface area contributed by atoms with E-state index in [0.717, 1.165) is 24.9 Å². The van der Waals surface area contributed by atoms with Crippen molar-refractivity contribution in [1.29, 1.82) is 0 Å². The molecule has 1 spiro atoms. The summed E-state index contributed by atoms with van der Waals surface area (Å²) < 4.78 is 6.40. The van der Waals surface area contributed by atoms with Crippen LogP contribution in [-0.2, 0) is 11.2 Å². The minimum Gasteiger partial charge on any atom is -0.508 e. The van der Waals surface area contributed by atoms with Gasteiger partial charge < -0.3 is 9.84 Å². The Labute approximate surface area is 153 Å². The number of aromatic hydroxyl groups is 1. The van der Waals surface area contributed by atoms with Gasteiger partial charge in [0, 0.05) is 6.61 Å². The molecule has 4 unspecified atom stereocenters. The monoisotopic (exact) mass is 342 g/mol. The first kappa shape index (κ1) is 17.4. The molecule has 1 saturated heterocycles. The Kier molecular flexibility index (Phi) is 4.38. The smallest absolute Gasteiger partial charge is 0.115 e. The standard InChI is InChI=1S/C23H34O2/c1-16(2)5-6-18-14-23(10-4-12-25-23)15-21-20-8-7-19(24)13-17(20)9-11-22(18,21)3/h7-8,13,16,18,21,24H,4-6,9-12,14-15H2,1-3H3. The van der Waals surface area contributed by atoms with Gasteiger partial charge in [-0.25, -0.2) is 0 Å². The highest BCUT2D eigenvalue weighted by Gasteiger charge is 2.55. The fourth-order valence-corrected chi connectivity index (χ4v) is 6.09. The zero-order valence-corrected chi connectivity index (χ0v) is 16.2. The molecule has 1 aromatic rings. The van der Waals surface area contributed by atoms with Crippen LogP contribution in [0.3, 0.4) is 0 Å². The van der Waals surface area contributed by atoms with Crippen molar-refractivity contribution in [2.45, 2.75) is 83.7 Å². The fourth-order valence-electron chi connectivity index (χ4n) is 6.09. The van der Waals surface area contributed by atoms with E-state index >= 15 is 0 Å². The van der Waals surface area contributed by atoms with Gasteiger partial charge >= 0.3 is 0 Å². The van der Waals surface area contributed by atoms with Gasteiger partial charge in [-0.1, -0.05) is 33.3 Å². The highest BCUT2D eigenvalue weighted by Crippen LogP contribution is 2.62. The normalized spacial score (nSPS) is 37.3. The molecule has 138 valence electrons. The van der Waals surface area contributed by atoms with Gasteiger partial charge in [-0.3, -0.25) is 0 Å². The summed E-state index contributed by atoms with van der Waals surface area (Å²) >= 11 is 0. The van der Waals surface area contributed by atoms with Gasteiger partial charge in [0.25, 0.3) is 0 Å².